The molecule has 0 unspecified atom stereocenters. The second-order valence-corrected chi connectivity index (χ2v) is 4.71. The largest absolute Gasteiger partial charge is 0.405 e. The maximum Gasteiger partial charge on any atom is 0.405 e. The summed E-state index contributed by atoms with van der Waals surface area (Å²) in [5, 5.41) is 1.88. The maximum absolute atomic E-state index is 11.8. The molecule has 17 heavy (non-hydrogen) atoms. The van der Waals surface area contributed by atoms with Crippen molar-refractivity contribution in [1.82, 2.24) is 5.32 Å². The Kier molecular flexibility index (Phi) is 5.24. The number of nitrogens with two attached hydrogens (primary N) is 1. The first kappa shape index (κ1) is 14.3. The summed E-state index contributed by atoms with van der Waals surface area (Å²) in [5.41, 5.74) is 5.74. The quantitative estimate of drug-likeness (QED) is 0.803. The number of hydrogen-bond donors (Lipinski definition) is 2. The number of amides is 1. The molecule has 100 valence electrons. The fourth-order valence-corrected chi connectivity index (χ4v) is 2.10. The van der Waals surface area contributed by atoms with Crippen LogP contribution in [0.3, 0.4) is 0 Å². The Hall–Kier alpha value is -0.780. The zero-order valence-corrected chi connectivity index (χ0v) is 9.72. The molecule has 0 aliphatic heterocycles. The van der Waals surface area contributed by atoms with E-state index < -0.39 is 18.6 Å². The molecule has 6 heteroatoms. The fraction of sp³-hybridized carbons (Fsp3) is 0.909. The molecule has 3 nitrogen and oxygen atoms in total. The third-order valence-corrected chi connectivity index (χ3v) is 3.16. The molecular weight excluding hydrogens is 233 g/mol. The van der Waals surface area contributed by atoms with E-state index in [-0.39, 0.29) is 12.5 Å². The molecule has 0 atom stereocenters. The predicted octanol–water partition coefficient (Wildman–Crippen LogP) is 1.96. The van der Waals surface area contributed by atoms with E-state index in [1.165, 1.54) is 0 Å². The molecule has 0 radical (unpaired) electrons. The molecule has 0 bridgehead atoms. The van der Waals surface area contributed by atoms with Gasteiger partial charge in [-0.25, -0.2) is 0 Å². The van der Waals surface area contributed by atoms with E-state index in [4.69, 9.17) is 5.73 Å². The number of halogens is 3. The maximum atomic E-state index is 11.8. The Morgan fingerprint density at radius 3 is 2.35 bits per heavy atom. The lowest BCUT2D eigenvalue weighted by Gasteiger charge is -2.25. The highest BCUT2D eigenvalue weighted by atomic mass is 19.4. The van der Waals surface area contributed by atoms with Crippen LogP contribution in [0.1, 0.15) is 38.5 Å². The lowest BCUT2D eigenvalue weighted by molar-refractivity contribution is -0.138. The first-order valence-electron chi connectivity index (χ1n) is 5.96. The molecule has 1 rings (SSSR count). The minimum absolute atomic E-state index is 0.177. The van der Waals surface area contributed by atoms with Gasteiger partial charge in [-0.2, -0.15) is 13.2 Å². The molecule has 0 aromatic rings. The Morgan fingerprint density at radius 2 is 1.82 bits per heavy atom. The average Bonchev–Trinajstić information content (AvgIpc) is 2.25. The van der Waals surface area contributed by atoms with E-state index in [1.54, 1.807) is 0 Å². The monoisotopic (exact) mass is 252 g/mol. The van der Waals surface area contributed by atoms with Crippen molar-refractivity contribution in [3.63, 3.8) is 0 Å². The van der Waals surface area contributed by atoms with Crippen molar-refractivity contribution in [1.29, 1.82) is 0 Å². The molecule has 3 N–H and O–H groups in total. The van der Waals surface area contributed by atoms with Gasteiger partial charge in [-0.15, -0.1) is 0 Å². The van der Waals surface area contributed by atoms with Crippen molar-refractivity contribution in [2.24, 2.45) is 11.7 Å². The summed E-state index contributed by atoms with van der Waals surface area (Å²) >= 11 is 0. The van der Waals surface area contributed by atoms with Crippen molar-refractivity contribution in [3.05, 3.63) is 0 Å². The van der Waals surface area contributed by atoms with Gasteiger partial charge in [0.1, 0.15) is 6.54 Å². The molecule has 1 saturated carbocycles. The van der Waals surface area contributed by atoms with Crippen LogP contribution in [0.25, 0.3) is 0 Å². The second kappa shape index (κ2) is 6.23. The van der Waals surface area contributed by atoms with Crippen LogP contribution in [0.2, 0.25) is 0 Å². The van der Waals surface area contributed by atoms with Gasteiger partial charge in [-0.3, -0.25) is 4.79 Å². The normalized spacial score (nSPS) is 25.6. The number of alkyl halides is 3. The second-order valence-electron chi connectivity index (χ2n) is 4.71. The van der Waals surface area contributed by atoms with Crippen molar-refractivity contribution in [2.75, 3.05) is 6.54 Å². The van der Waals surface area contributed by atoms with E-state index in [9.17, 15) is 18.0 Å². The van der Waals surface area contributed by atoms with Crippen molar-refractivity contribution >= 4 is 5.91 Å². The Bertz CT molecular complexity index is 248. The first-order valence-corrected chi connectivity index (χ1v) is 5.96. The number of rotatable bonds is 4. The van der Waals surface area contributed by atoms with Crippen LogP contribution < -0.4 is 11.1 Å². The molecule has 0 heterocycles. The molecule has 1 aliphatic carbocycles. The van der Waals surface area contributed by atoms with E-state index in [0.717, 1.165) is 25.7 Å². The van der Waals surface area contributed by atoms with E-state index in [1.807, 2.05) is 5.32 Å². The van der Waals surface area contributed by atoms with E-state index in [0.29, 0.717) is 12.3 Å². The zero-order valence-electron chi connectivity index (χ0n) is 9.72. The summed E-state index contributed by atoms with van der Waals surface area (Å²) in [6, 6.07) is 0.255. The summed E-state index contributed by atoms with van der Waals surface area (Å²) in [6.07, 6.45) is 0.380. The average molecular weight is 252 g/mol. The van der Waals surface area contributed by atoms with Gasteiger partial charge in [-0.1, -0.05) is 0 Å². The van der Waals surface area contributed by atoms with Crippen LogP contribution in [0.15, 0.2) is 0 Å². The molecule has 0 saturated heterocycles. The van der Waals surface area contributed by atoms with Crippen LogP contribution in [0.4, 0.5) is 13.2 Å². The van der Waals surface area contributed by atoms with Crippen LogP contribution in [-0.4, -0.2) is 24.7 Å². The van der Waals surface area contributed by atoms with E-state index >= 15 is 0 Å². The number of carbonyl (C=O) groups excluding carboxylic acids is 1. The third kappa shape index (κ3) is 6.51. The van der Waals surface area contributed by atoms with Crippen molar-refractivity contribution in [2.45, 2.75) is 50.7 Å². The highest BCUT2D eigenvalue weighted by molar-refractivity contribution is 5.75. The van der Waals surface area contributed by atoms with Gasteiger partial charge in [0, 0.05) is 12.5 Å². The molecular formula is C11H19F3N2O. The highest BCUT2D eigenvalue weighted by Crippen LogP contribution is 2.26. The molecule has 1 amide bonds. The lowest BCUT2D eigenvalue weighted by atomic mass is 9.84. The molecule has 0 aromatic carbocycles. The lowest BCUT2D eigenvalue weighted by Crippen LogP contribution is -2.34. The summed E-state index contributed by atoms with van der Waals surface area (Å²) in [6.45, 7) is -1.23. The number of nitrogens with one attached hydrogen (secondary N) is 1. The SMILES string of the molecule is NC1CCC(CCC(=O)NCC(F)(F)F)CC1. The van der Waals surface area contributed by atoms with Gasteiger partial charge in [-0.05, 0) is 38.0 Å². The van der Waals surface area contributed by atoms with Crippen LogP contribution in [0, 0.1) is 5.92 Å². The van der Waals surface area contributed by atoms with Gasteiger partial charge in [0.15, 0.2) is 0 Å². The molecule has 0 spiro atoms. The summed E-state index contributed by atoms with van der Waals surface area (Å²) in [4.78, 5) is 11.2. The van der Waals surface area contributed by atoms with Crippen molar-refractivity contribution < 1.29 is 18.0 Å². The third-order valence-electron chi connectivity index (χ3n) is 3.16. The minimum Gasteiger partial charge on any atom is -0.347 e. The molecule has 0 aromatic heterocycles. The molecule has 1 fully saturated rings. The predicted molar refractivity (Wildman–Crippen MR) is 58.2 cm³/mol. The highest BCUT2D eigenvalue weighted by Gasteiger charge is 2.27. The number of hydrogen-bond acceptors (Lipinski definition) is 2. The minimum atomic E-state index is -4.33. The summed E-state index contributed by atoms with van der Waals surface area (Å²) in [5.74, 6) is -0.0800. The Balaban J connectivity index is 2.11. The van der Waals surface area contributed by atoms with Gasteiger partial charge in [0.25, 0.3) is 0 Å². The van der Waals surface area contributed by atoms with Crippen molar-refractivity contribution in [3.8, 4) is 0 Å². The van der Waals surface area contributed by atoms with Gasteiger partial charge < -0.3 is 11.1 Å². The topological polar surface area (TPSA) is 55.1 Å². The standard InChI is InChI=1S/C11H19F3N2O/c12-11(13,14)7-16-10(17)6-3-8-1-4-9(15)5-2-8/h8-9H,1-7,15H2,(H,16,17). The Morgan fingerprint density at radius 1 is 1.24 bits per heavy atom. The fourth-order valence-electron chi connectivity index (χ4n) is 2.10. The van der Waals surface area contributed by atoms with Gasteiger partial charge >= 0.3 is 6.18 Å². The summed E-state index contributed by atoms with van der Waals surface area (Å²) < 4.78 is 35.5. The Labute approximate surface area is 98.9 Å². The zero-order chi connectivity index (χ0) is 12.9. The van der Waals surface area contributed by atoms with Gasteiger partial charge in [0.2, 0.25) is 5.91 Å². The number of carbonyl (C=O) groups is 1. The van der Waals surface area contributed by atoms with Crippen LogP contribution in [-0.2, 0) is 4.79 Å². The van der Waals surface area contributed by atoms with Crippen LogP contribution in [0.5, 0.6) is 0 Å². The smallest absolute Gasteiger partial charge is 0.347 e. The first-order chi connectivity index (χ1) is 7.87. The molecule has 1 aliphatic rings. The van der Waals surface area contributed by atoms with Crippen LogP contribution >= 0.6 is 0 Å². The van der Waals surface area contributed by atoms with E-state index in [2.05, 4.69) is 0 Å². The summed E-state index contributed by atoms with van der Waals surface area (Å²) in [7, 11) is 0. The van der Waals surface area contributed by atoms with Gasteiger partial charge in [0.05, 0.1) is 0 Å².